The van der Waals surface area contributed by atoms with Gasteiger partial charge in [0.1, 0.15) is 0 Å². The molecule has 0 atom stereocenters. The normalized spacial score (nSPS) is 10.5. The fourth-order valence-corrected chi connectivity index (χ4v) is 1.60. The number of aryl methyl sites for hydroxylation is 1. The smallest absolute Gasteiger partial charge is 0.0379 e. The van der Waals surface area contributed by atoms with Crippen LogP contribution in [0.25, 0.3) is 10.8 Å². The van der Waals surface area contributed by atoms with Gasteiger partial charge in [-0.25, -0.2) is 0 Å². The summed E-state index contributed by atoms with van der Waals surface area (Å²) in [5, 5.41) is 2.42. The summed E-state index contributed by atoms with van der Waals surface area (Å²) in [5.41, 5.74) is 1.06. The van der Waals surface area contributed by atoms with Crippen molar-refractivity contribution in [1.29, 1.82) is 0 Å². The molecule has 0 radical (unpaired) electrons. The molecular weight excluding hydrogens is 214 g/mol. The highest BCUT2D eigenvalue weighted by molar-refractivity contribution is 9.10. The van der Waals surface area contributed by atoms with E-state index >= 15 is 0 Å². The second kappa shape index (κ2) is 2.87. The predicted octanol–water partition coefficient (Wildman–Crippen LogP) is 3.31. The summed E-state index contributed by atoms with van der Waals surface area (Å²) in [7, 11) is 0. The van der Waals surface area contributed by atoms with Crippen molar-refractivity contribution < 1.29 is 0 Å². The van der Waals surface area contributed by atoms with Crippen molar-refractivity contribution in [2.75, 3.05) is 0 Å². The second-order valence-electron chi connectivity index (χ2n) is 2.82. The van der Waals surface area contributed by atoms with Crippen molar-refractivity contribution in [1.82, 2.24) is 4.98 Å². The highest BCUT2D eigenvalue weighted by Crippen LogP contribution is 2.19. The van der Waals surface area contributed by atoms with Crippen LogP contribution in [0.2, 0.25) is 0 Å². The fraction of sp³-hybridized carbons (Fsp3) is 0.100. The van der Waals surface area contributed by atoms with Crippen molar-refractivity contribution in [2.24, 2.45) is 0 Å². The lowest BCUT2D eigenvalue weighted by molar-refractivity contribution is 1.22. The minimum Gasteiger partial charge on any atom is -0.261 e. The lowest BCUT2D eigenvalue weighted by Crippen LogP contribution is -1.80. The quantitative estimate of drug-likeness (QED) is 0.666. The Kier molecular flexibility index (Phi) is 1.85. The Morgan fingerprint density at radius 1 is 1.17 bits per heavy atom. The molecule has 1 nitrogen and oxygen atoms in total. The number of nitrogens with zero attached hydrogens (tertiary/aromatic N) is 1. The maximum Gasteiger partial charge on any atom is 0.0379 e. The Labute approximate surface area is 79.6 Å². The number of rotatable bonds is 0. The van der Waals surface area contributed by atoms with E-state index in [9.17, 15) is 0 Å². The predicted molar refractivity (Wildman–Crippen MR) is 54.2 cm³/mol. The Balaban J connectivity index is 2.80. The molecule has 0 spiro atoms. The lowest BCUT2D eigenvalue weighted by Gasteiger charge is -1.98. The van der Waals surface area contributed by atoms with Crippen LogP contribution >= 0.6 is 15.9 Å². The number of aromatic nitrogens is 1. The fourth-order valence-electron chi connectivity index (χ4n) is 1.22. The van der Waals surface area contributed by atoms with Crippen molar-refractivity contribution in [2.45, 2.75) is 6.92 Å². The molecule has 2 rings (SSSR count). The zero-order valence-corrected chi connectivity index (χ0v) is 8.30. The molecule has 0 aliphatic carbocycles. The van der Waals surface area contributed by atoms with E-state index in [2.05, 4.69) is 39.1 Å². The zero-order valence-electron chi connectivity index (χ0n) is 6.71. The van der Waals surface area contributed by atoms with E-state index in [0.717, 1.165) is 10.2 Å². The van der Waals surface area contributed by atoms with Crippen LogP contribution < -0.4 is 0 Å². The largest absolute Gasteiger partial charge is 0.261 e. The van der Waals surface area contributed by atoms with E-state index < -0.39 is 0 Å². The van der Waals surface area contributed by atoms with E-state index in [0.29, 0.717) is 0 Å². The average molecular weight is 222 g/mol. The number of benzene rings is 1. The summed E-state index contributed by atoms with van der Waals surface area (Å²) >= 11 is 3.44. The number of hydrogen-bond donors (Lipinski definition) is 0. The molecule has 0 N–H and O–H groups in total. The Morgan fingerprint density at radius 3 is 2.83 bits per heavy atom. The first-order chi connectivity index (χ1) is 5.75. The third-order valence-corrected chi connectivity index (χ3v) is 2.31. The van der Waals surface area contributed by atoms with Crippen LogP contribution in [0.1, 0.15) is 5.69 Å². The van der Waals surface area contributed by atoms with E-state index in [1.807, 2.05) is 19.2 Å². The highest BCUT2D eigenvalue weighted by Gasteiger charge is 1.94. The molecule has 1 heterocycles. The second-order valence-corrected chi connectivity index (χ2v) is 3.73. The van der Waals surface area contributed by atoms with Crippen molar-refractivity contribution >= 4 is 26.7 Å². The number of fused-ring (bicyclic) bond motifs is 1. The molecule has 0 fully saturated rings. The summed E-state index contributed by atoms with van der Waals surface area (Å²) in [6.45, 7) is 2.00. The van der Waals surface area contributed by atoms with Gasteiger partial charge < -0.3 is 0 Å². The van der Waals surface area contributed by atoms with E-state index in [1.165, 1.54) is 10.8 Å². The van der Waals surface area contributed by atoms with E-state index in [1.54, 1.807) is 0 Å². The minimum absolute atomic E-state index is 1.06. The molecule has 60 valence electrons. The molecule has 0 bridgehead atoms. The number of halogens is 1. The van der Waals surface area contributed by atoms with Crippen LogP contribution in [-0.2, 0) is 0 Å². The van der Waals surface area contributed by atoms with E-state index in [-0.39, 0.29) is 0 Å². The molecule has 12 heavy (non-hydrogen) atoms. The molecule has 0 aliphatic heterocycles. The molecule has 1 aromatic carbocycles. The third kappa shape index (κ3) is 1.34. The van der Waals surface area contributed by atoms with Gasteiger partial charge in [0.25, 0.3) is 0 Å². The van der Waals surface area contributed by atoms with Gasteiger partial charge in [-0.15, -0.1) is 0 Å². The first-order valence-electron chi connectivity index (χ1n) is 3.77. The van der Waals surface area contributed by atoms with Crippen molar-refractivity contribution in [3.05, 3.63) is 40.6 Å². The summed E-state index contributed by atoms with van der Waals surface area (Å²) in [5.74, 6) is 0. The van der Waals surface area contributed by atoms with Crippen LogP contribution in [0.3, 0.4) is 0 Å². The molecule has 0 aliphatic rings. The van der Waals surface area contributed by atoms with Gasteiger partial charge in [0.15, 0.2) is 0 Å². The summed E-state index contributed by atoms with van der Waals surface area (Å²) in [4.78, 5) is 4.22. The maximum atomic E-state index is 4.22. The molecule has 0 amide bonds. The van der Waals surface area contributed by atoms with Gasteiger partial charge >= 0.3 is 0 Å². The van der Waals surface area contributed by atoms with Crippen molar-refractivity contribution in [3.63, 3.8) is 0 Å². The van der Waals surface area contributed by atoms with Gasteiger partial charge in [-0.2, -0.15) is 0 Å². The first kappa shape index (κ1) is 7.74. The first-order valence-corrected chi connectivity index (χ1v) is 4.57. The number of pyridine rings is 1. The lowest BCUT2D eigenvalue weighted by atomic mass is 10.1. The van der Waals surface area contributed by atoms with E-state index in [4.69, 9.17) is 0 Å². The molecule has 2 heteroatoms. The van der Waals surface area contributed by atoms with Gasteiger partial charge in [-0.1, -0.05) is 22.0 Å². The standard InChI is InChI=1S/C10H8BrN/c1-7-4-9-5-10(11)3-2-8(9)6-12-7/h2-6H,1H3. The Bertz CT molecular complexity index is 386. The Hall–Kier alpha value is -0.890. The summed E-state index contributed by atoms with van der Waals surface area (Å²) < 4.78 is 1.11. The molecule has 0 saturated heterocycles. The van der Waals surface area contributed by atoms with Crippen LogP contribution in [0.5, 0.6) is 0 Å². The van der Waals surface area contributed by atoms with Crippen LogP contribution in [-0.4, -0.2) is 4.98 Å². The van der Waals surface area contributed by atoms with Gasteiger partial charge in [0.2, 0.25) is 0 Å². The maximum absolute atomic E-state index is 4.22. The molecule has 2 aromatic rings. The van der Waals surface area contributed by atoms with Gasteiger partial charge in [-0.05, 0) is 30.5 Å². The highest BCUT2D eigenvalue weighted by atomic mass is 79.9. The summed E-state index contributed by atoms with van der Waals surface area (Å²) in [6, 6.07) is 8.27. The van der Waals surface area contributed by atoms with Crippen LogP contribution in [0, 0.1) is 6.92 Å². The minimum atomic E-state index is 1.06. The monoisotopic (exact) mass is 221 g/mol. The molecule has 0 saturated carbocycles. The molecule has 0 unspecified atom stereocenters. The molecular formula is C10H8BrN. The summed E-state index contributed by atoms with van der Waals surface area (Å²) in [6.07, 6.45) is 1.90. The number of hydrogen-bond acceptors (Lipinski definition) is 1. The SMILES string of the molecule is Cc1cc2cc(Br)ccc2cn1. The van der Waals surface area contributed by atoms with Gasteiger partial charge in [0, 0.05) is 21.7 Å². The van der Waals surface area contributed by atoms with Crippen molar-refractivity contribution in [3.8, 4) is 0 Å². The van der Waals surface area contributed by atoms with Gasteiger partial charge in [0.05, 0.1) is 0 Å². The van der Waals surface area contributed by atoms with Crippen LogP contribution in [0.4, 0.5) is 0 Å². The van der Waals surface area contributed by atoms with Gasteiger partial charge in [-0.3, -0.25) is 4.98 Å². The third-order valence-electron chi connectivity index (χ3n) is 1.82. The Morgan fingerprint density at radius 2 is 2.00 bits per heavy atom. The average Bonchev–Trinajstić information content (AvgIpc) is 2.03. The van der Waals surface area contributed by atoms with Crippen LogP contribution in [0.15, 0.2) is 34.9 Å². The topological polar surface area (TPSA) is 12.9 Å². The molecule has 1 aromatic heterocycles. The zero-order chi connectivity index (χ0) is 8.55.